The molecule has 1 aromatic rings. The first kappa shape index (κ1) is 26.5. The van der Waals surface area contributed by atoms with Crippen LogP contribution >= 0.6 is 11.9 Å². The Kier molecular flexibility index (Phi) is 13.5. The van der Waals surface area contributed by atoms with Crippen LogP contribution in [0.5, 0.6) is 0 Å². The van der Waals surface area contributed by atoms with Gasteiger partial charge in [0, 0.05) is 36.9 Å². The number of nitrogens with one attached hydrogen (secondary N) is 2. The number of hydroxylamine groups is 1. The number of hydrogen-bond donors (Lipinski definition) is 3. The van der Waals surface area contributed by atoms with Crippen molar-refractivity contribution in [2.75, 3.05) is 19.6 Å². The van der Waals surface area contributed by atoms with Gasteiger partial charge in [-0.2, -0.15) is 0 Å². The number of hydrogen-bond acceptors (Lipinski definition) is 5. The van der Waals surface area contributed by atoms with E-state index in [9.17, 15) is 9.59 Å². The van der Waals surface area contributed by atoms with Gasteiger partial charge in [0.1, 0.15) is 0 Å². The number of carbonyl (C=O) groups excluding carboxylic acids is 2. The number of nitrogens with zero attached hydrogens (tertiary/aromatic N) is 1. The van der Waals surface area contributed by atoms with Gasteiger partial charge in [-0.15, -0.1) is 0 Å². The molecule has 0 unspecified atom stereocenters. The fraction of sp³-hybridized carbons (Fsp3) is 0.652. The molecule has 0 spiro atoms. The third-order valence-corrected chi connectivity index (χ3v) is 5.75. The minimum absolute atomic E-state index is 0.0620. The SMILES string of the molecule is CC(C)C[C@H](CC(=O)NO)C(=O)N1CCCCC1.CCCNSc1ccc(C)cc1. The summed E-state index contributed by atoms with van der Waals surface area (Å²) in [6.45, 7) is 11.0. The van der Waals surface area contributed by atoms with Crippen molar-refractivity contribution in [2.24, 2.45) is 11.8 Å². The predicted octanol–water partition coefficient (Wildman–Crippen LogP) is 4.56. The molecule has 6 nitrogen and oxygen atoms in total. The average Bonchev–Trinajstić information content (AvgIpc) is 2.75. The Labute approximate surface area is 186 Å². The maximum atomic E-state index is 12.3. The van der Waals surface area contributed by atoms with Crippen LogP contribution in [0.3, 0.4) is 0 Å². The highest BCUT2D eigenvalue weighted by Gasteiger charge is 2.28. The Bertz CT molecular complexity index is 617. The number of aryl methyl sites for hydroxylation is 1. The smallest absolute Gasteiger partial charge is 0.244 e. The molecule has 1 saturated heterocycles. The maximum Gasteiger partial charge on any atom is 0.244 e. The Morgan fingerprint density at radius 2 is 1.77 bits per heavy atom. The van der Waals surface area contributed by atoms with Crippen LogP contribution in [-0.4, -0.2) is 41.6 Å². The summed E-state index contributed by atoms with van der Waals surface area (Å²) in [6, 6.07) is 8.55. The standard InChI is InChI=1S/C13H24N2O3.C10H15NS/c1-10(2)8-11(9-12(16)14-18)13(17)15-6-4-3-5-7-15;1-3-8-11-12-10-6-4-9(2)5-7-10/h10-11,18H,3-9H2,1-2H3,(H,14,16);4-7,11H,3,8H2,1-2H3/t11-;/m1./s1. The normalized spacial score (nSPS) is 14.7. The number of piperidine rings is 1. The highest BCUT2D eigenvalue weighted by molar-refractivity contribution is 7.97. The number of benzene rings is 1. The van der Waals surface area contributed by atoms with Gasteiger partial charge in [0.2, 0.25) is 11.8 Å². The number of likely N-dealkylation sites (tertiary alicyclic amines) is 1. The predicted molar refractivity (Wildman–Crippen MR) is 123 cm³/mol. The van der Waals surface area contributed by atoms with Crippen LogP contribution in [0, 0.1) is 18.8 Å². The van der Waals surface area contributed by atoms with Crippen molar-refractivity contribution in [3.05, 3.63) is 29.8 Å². The third kappa shape index (κ3) is 11.0. The van der Waals surface area contributed by atoms with E-state index in [2.05, 4.69) is 42.8 Å². The summed E-state index contributed by atoms with van der Waals surface area (Å²) in [4.78, 5) is 26.8. The van der Waals surface area contributed by atoms with E-state index < -0.39 is 5.91 Å². The lowest BCUT2D eigenvalue weighted by molar-refractivity contribution is -0.141. The lowest BCUT2D eigenvalue weighted by Gasteiger charge is -2.30. The van der Waals surface area contributed by atoms with Crippen LogP contribution in [0.15, 0.2) is 29.2 Å². The summed E-state index contributed by atoms with van der Waals surface area (Å²) in [5.41, 5.74) is 2.93. The molecule has 1 aromatic carbocycles. The first-order valence-electron chi connectivity index (χ1n) is 11.0. The van der Waals surface area contributed by atoms with Gasteiger partial charge >= 0.3 is 0 Å². The van der Waals surface area contributed by atoms with Crippen molar-refractivity contribution in [1.29, 1.82) is 0 Å². The van der Waals surface area contributed by atoms with Gasteiger partial charge in [0.15, 0.2) is 0 Å². The molecule has 0 saturated carbocycles. The lowest BCUT2D eigenvalue weighted by atomic mass is 9.92. The highest BCUT2D eigenvalue weighted by Crippen LogP contribution is 2.21. The van der Waals surface area contributed by atoms with Crippen LogP contribution < -0.4 is 10.2 Å². The molecule has 2 amide bonds. The van der Waals surface area contributed by atoms with E-state index in [0.29, 0.717) is 12.3 Å². The van der Waals surface area contributed by atoms with Crippen LogP contribution in [0.25, 0.3) is 0 Å². The van der Waals surface area contributed by atoms with Gasteiger partial charge < -0.3 is 4.90 Å². The van der Waals surface area contributed by atoms with Crippen molar-refractivity contribution in [1.82, 2.24) is 15.1 Å². The first-order chi connectivity index (χ1) is 14.4. The average molecular weight is 438 g/mol. The summed E-state index contributed by atoms with van der Waals surface area (Å²) in [5.74, 6) is -0.372. The summed E-state index contributed by atoms with van der Waals surface area (Å²) >= 11 is 1.70. The fourth-order valence-corrected chi connectivity index (χ4v) is 4.07. The molecule has 2 rings (SSSR count). The molecule has 1 heterocycles. The maximum absolute atomic E-state index is 12.3. The summed E-state index contributed by atoms with van der Waals surface area (Å²) in [7, 11) is 0. The Morgan fingerprint density at radius 3 is 2.30 bits per heavy atom. The van der Waals surface area contributed by atoms with Crippen LogP contribution in [0.4, 0.5) is 0 Å². The molecule has 0 aliphatic carbocycles. The van der Waals surface area contributed by atoms with Gasteiger partial charge in [-0.05, 0) is 69.0 Å². The molecule has 1 atom stereocenters. The molecule has 3 N–H and O–H groups in total. The molecular weight excluding hydrogens is 398 g/mol. The summed E-state index contributed by atoms with van der Waals surface area (Å²) < 4.78 is 3.29. The molecule has 30 heavy (non-hydrogen) atoms. The summed E-state index contributed by atoms with van der Waals surface area (Å²) in [6.07, 6.45) is 5.21. The fourth-order valence-electron chi connectivity index (χ4n) is 3.33. The van der Waals surface area contributed by atoms with Crippen molar-refractivity contribution >= 4 is 23.8 Å². The second-order valence-electron chi connectivity index (χ2n) is 8.26. The van der Waals surface area contributed by atoms with Crippen LogP contribution in [0.1, 0.15) is 64.9 Å². The van der Waals surface area contributed by atoms with Crippen molar-refractivity contribution in [2.45, 2.75) is 71.1 Å². The largest absolute Gasteiger partial charge is 0.342 e. The van der Waals surface area contributed by atoms with Gasteiger partial charge in [-0.25, -0.2) is 5.48 Å². The monoisotopic (exact) mass is 437 g/mol. The topological polar surface area (TPSA) is 81.7 Å². The molecule has 1 fully saturated rings. The van der Waals surface area contributed by atoms with Gasteiger partial charge in [0.25, 0.3) is 0 Å². The molecule has 1 aliphatic rings. The van der Waals surface area contributed by atoms with Gasteiger partial charge in [-0.1, -0.05) is 38.5 Å². The Balaban J connectivity index is 0.000000325. The minimum Gasteiger partial charge on any atom is -0.342 e. The Morgan fingerprint density at radius 1 is 1.13 bits per heavy atom. The van der Waals surface area contributed by atoms with E-state index >= 15 is 0 Å². The molecular formula is C23H39N3O3S. The second-order valence-corrected chi connectivity index (χ2v) is 9.23. The van der Waals surface area contributed by atoms with Crippen LogP contribution in [-0.2, 0) is 9.59 Å². The van der Waals surface area contributed by atoms with E-state index in [1.807, 2.05) is 18.7 Å². The van der Waals surface area contributed by atoms with E-state index in [4.69, 9.17) is 5.21 Å². The van der Waals surface area contributed by atoms with E-state index in [1.165, 1.54) is 23.3 Å². The van der Waals surface area contributed by atoms with Crippen LogP contribution in [0.2, 0.25) is 0 Å². The lowest BCUT2D eigenvalue weighted by Crippen LogP contribution is -2.41. The molecule has 0 aromatic heterocycles. The van der Waals surface area contributed by atoms with E-state index in [-0.39, 0.29) is 18.2 Å². The molecule has 0 radical (unpaired) electrons. The quantitative estimate of drug-likeness (QED) is 0.228. The number of carbonyl (C=O) groups is 2. The number of amides is 2. The zero-order valence-electron chi connectivity index (χ0n) is 18.9. The highest BCUT2D eigenvalue weighted by atomic mass is 32.2. The summed E-state index contributed by atoms with van der Waals surface area (Å²) in [5, 5.41) is 8.59. The Hall–Kier alpha value is -1.57. The zero-order chi connectivity index (χ0) is 22.4. The number of rotatable bonds is 9. The van der Waals surface area contributed by atoms with Gasteiger partial charge in [0.05, 0.1) is 0 Å². The van der Waals surface area contributed by atoms with E-state index in [1.54, 1.807) is 17.4 Å². The first-order valence-corrected chi connectivity index (χ1v) is 11.9. The third-order valence-electron chi connectivity index (χ3n) is 4.89. The van der Waals surface area contributed by atoms with E-state index in [0.717, 1.165) is 32.5 Å². The van der Waals surface area contributed by atoms with Crippen molar-refractivity contribution in [3.63, 3.8) is 0 Å². The molecule has 170 valence electrons. The van der Waals surface area contributed by atoms with Crippen molar-refractivity contribution < 1.29 is 14.8 Å². The van der Waals surface area contributed by atoms with Crippen molar-refractivity contribution in [3.8, 4) is 0 Å². The molecule has 7 heteroatoms. The minimum atomic E-state index is -0.481. The van der Waals surface area contributed by atoms with Gasteiger partial charge in [-0.3, -0.25) is 19.5 Å². The zero-order valence-corrected chi connectivity index (χ0v) is 19.8. The second kappa shape index (κ2) is 15.3. The molecule has 0 bridgehead atoms. The molecule has 1 aliphatic heterocycles.